The molecule has 0 amide bonds. The van der Waals surface area contributed by atoms with Crippen LogP contribution in [-0.4, -0.2) is 28.6 Å². The Labute approximate surface area is 112 Å². The van der Waals surface area contributed by atoms with Gasteiger partial charge in [-0.25, -0.2) is 8.78 Å². The number of hydrogen-bond donors (Lipinski definition) is 0. The van der Waals surface area contributed by atoms with E-state index in [1.165, 1.54) is 0 Å². The maximum Gasteiger partial charge on any atom is 0.296 e. The van der Waals surface area contributed by atoms with E-state index in [4.69, 9.17) is 4.52 Å². The number of halogens is 2. The second-order valence-corrected chi connectivity index (χ2v) is 4.56. The van der Waals surface area contributed by atoms with Crippen molar-refractivity contribution in [3.63, 3.8) is 0 Å². The second kappa shape index (κ2) is 5.92. The van der Waals surface area contributed by atoms with Crippen LogP contribution in [0.25, 0.3) is 11.4 Å². The number of carbonyl (C=O) groups is 1. The molecule has 19 heavy (non-hydrogen) atoms. The highest BCUT2D eigenvalue weighted by Crippen LogP contribution is 2.21. The normalized spacial score (nSPS) is 10.9. The largest absolute Gasteiger partial charge is 0.338 e. The number of carbonyl (C=O) groups excluding carboxylic acids is 1. The molecule has 7 heteroatoms. The summed E-state index contributed by atoms with van der Waals surface area (Å²) < 4.78 is 28.9. The predicted octanol–water partition coefficient (Wildman–Crippen LogP) is 2.84. The SMILES string of the molecule is CSc1ccc(-c2noc(CC(=O)C(F)F)n2)cc1. The number of hydrogen-bond acceptors (Lipinski definition) is 5. The molecule has 2 aromatic rings. The van der Waals surface area contributed by atoms with E-state index in [1.54, 1.807) is 23.9 Å². The molecule has 0 N–H and O–H groups in total. The topological polar surface area (TPSA) is 56.0 Å². The third kappa shape index (κ3) is 3.37. The van der Waals surface area contributed by atoms with Crippen LogP contribution in [0.3, 0.4) is 0 Å². The van der Waals surface area contributed by atoms with Crippen LogP contribution in [0, 0.1) is 0 Å². The smallest absolute Gasteiger partial charge is 0.296 e. The van der Waals surface area contributed by atoms with E-state index in [9.17, 15) is 13.6 Å². The molecule has 0 bridgehead atoms. The summed E-state index contributed by atoms with van der Waals surface area (Å²) in [4.78, 5) is 15.9. The third-order valence-corrected chi connectivity index (χ3v) is 3.13. The van der Waals surface area contributed by atoms with E-state index in [-0.39, 0.29) is 11.7 Å². The second-order valence-electron chi connectivity index (χ2n) is 3.68. The van der Waals surface area contributed by atoms with Gasteiger partial charge in [0.15, 0.2) is 0 Å². The van der Waals surface area contributed by atoms with Gasteiger partial charge in [0.2, 0.25) is 17.5 Å². The molecule has 0 saturated carbocycles. The van der Waals surface area contributed by atoms with Crippen LogP contribution in [-0.2, 0) is 11.2 Å². The molecule has 1 aromatic carbocycles. The summed E-state index contributed by atoms with van der Waals surface area (Å²) in [7, 11) is 0. The highest BCUT2D eigenvalue weighted by Gasteiger charge is 2.19. The van der Waals surface area contributed by atoms with E-state index in [0.29, 0.717) is 5.56 Å². The fraction of sp³-hybridized carbons (Fsp3) is 0.250. The molecule has 2 rings (SSSR count). The summed E-state index contributed by atoms with van der Waals surface area (Å²) >= 11 is 1.60. The van der Waals surface area contributed by atoms with Crippen molar-refractivity contribution in [3.8, 4) is 11.4 Å². The number of benzene rings is 1. The summed E-state index contributed by atoms with van der Waals surface area (Å²) in [6.45, 7) is 0. The van der Waals surface area contributed by atoms with Gasteiger partial charge in [0, 0.05) is 10.5 Å². The minimum atomic E-state index is -3.02. The average Bonchev–Trinajstić information content (AvgIpc) is 2.87. The van der Waals surface area contributed by atoms with Crippen LogP contribution in [0.15, 0.2) is 33.7 Å². The zero-order valence-electron chi connectivity index (χ0n) is 9.97. The first-order valence-corrected chi connectivity index (χ1v) is 6.60. The van der Waals surface area contributed by atoms with Crippen molar-refractivity contribution in [2.24, 2.45) is 0 Å². The van der Waals surface area contributed by atoms with Gasteiger partial charge in [-0.1, -0.05) is 5.16 Å². The summed E-state index contributed by atoms with van der Waals surface area (Å²) in [5.74, 6) is -1.05. The molecular weight excluding hydrogens is 274 g/mol. The molecule has 0 aliphatic heterocycles. The van der Waals surface area contributed by atoms with Crippen LogP contribution >= 0.6 is 11.8 Å². The van der Waals surface area contributed by atoms with Gasteiger partial charge in [-0.15, -0.1) is 11.8 Å². The lowest BCUT2D eigenvalue weighted by Gasteiger charge is -1.96. The third-order valence-electron chi connectivity index (χ3n) is 2.39. The number of nitrogens with zero attached hydrogens (tertiary/aromatic N) is 2. The minimum absolute atomic E-state index is 0.103. The number of rotatable bonds is 5. The predicted molar refractivity (Wildman–Crippen MR) is 66.2 cm³/mol. The number of alkyl halides is 2. The zero-order chi connectivity index (χ0) is 13.8. The molecule has 0 aliphatic rings. The summed E-state index contributed by atoms with van der Waals surface area (Å²) in [6, 6.07) is 7.38. The maximum atomic E-state index is 12.1. The van der Waals surface area contributed by atoms with Gasteiger partial charge in [0.1, 0.15) is 0 Å². The maximum absolute atomic E-state index is 12.1. The van der Waals surface area contributed by atoms with Crippen LogP contribution < -0.4 is 0 Å². The fourth-order valence-electron chi connectivity index (χ4n) is 1.41. The first-order valence-electron chi connectivity index (χ1n) is 5.38. The molecule has 1 heterocycles. The van der Waals surface area contributed by atoms with E-state index in [2.05, 4.69) is 10.1 Å². The summed E-state index contributed by atoms with van der Waals surface area (Å²) in [5, 5.41) is 3.66. The van der Waals surface area contributed by atoms with Crippen LogP contribution in [0.4, 0.5) is 8.78 Å². The van der Waals surface area contributed by atoms with Gasteiger partial charge >= 0.3 is 0 Å². The molecule has 0 spiro atoms. The Bertz CT molecular complexity index is 569. The van der Waals surface area contributed by atoms with Crippen LogP contribution in [0.5, 0.6) is 0 Å². The summed E-state index contributed by atoms with van der Waals surface area (Å²) in [5.41, 5.74) is 0.706. The lowest BCUT2D eigenvalue weighted by Crippen LogP contribution is -2.12. The van der Waals surface area contributed by atoms with Crippen molar-refractivity contribution < 1.29 is 18.1 Å². The van der Waals surface area contributed by atoms with Gasteiger partial charge < -0.3 is 4.52 Å². The van der Waals surface area contributed by atoms with Crippen molar-refractivity contribution in [2.45, 2.75) is 17.7 Å². The number of thioether (sulfide) groups is 1. The van der Waals surface area contributed by atoms with Gasteiger partial charge in [-0.05, 0) is 30.5 Å². The average molecular weight is 284 g/mol. The van der Waals surface area contributed by atoms with Gasteiger partial charge in [0.05, 0.1) is 6.42 Å². The lowest BCUT2D eigenvalue weighted by molar-refractivity contribution is -0.129. The quantitative estimate of drug-likeness (QED) is 0.790. The van der Waals surface area contributed by atoms with Crippen molar-refractivity contribution in [3.05, 3.63) is 30.2 Å². The van der Waals surface area contributed by atoms with Crippen molar-refractivity contribution in [2.75, 3.05) is 6.26 Å². The number of ketones is 1. The fourth-order valence-corrected chi connectivity index (χ4v) is 1.82. The molecule has 100 valence electrons. The molecular formula is C12H10F2N2O2S. The molecule has 0 aliphatic carbocycles. The van der Waals surface area contributed by atoms with Crippen LogP contribution in [0.1, 0.15) is 5.89 Å². The Hall–Kier alpha value is -1.76. The van der Waals surface area contributed by atoms with Gasteiger partial charge in [-0.2, -0.15) is 4.98 Å². The Morgan fingerprint density at radius 3 is 2.63 bits per heavy atom. The minimum Gasteiger partial charge on any atom is -0.338 e. The van der Waals surface area contributed by atoms with Crippen molar-refractivity contribution in [1.82, 2.24) is 10.1 Å². The van der Waals surface area contributed by atoms with E-state index >= 15 is 0 Å². The van der Waals surface area contributed by atoms with Crippen LogP contribution in [0.2, 0.25) is 0 Å². The first kappa shape index (κ1) is 13.7. The van der Waals surface area contributed by atoms with E-state index in [1.807, 2.05) is 18.4 Å². The van der Waals surface area contributed by atoms with Gasteiger partial charge in [-0.3, -0.25) is 4.79 Å². The number of aromatic nitrogens is 2. The molecule has 4 nitrogen and oxygen atoms in total. The van der Waals surface area contributed by atoms with E-state index in [0.717, 1.165) is 4.90 Å². The molecule has 1 aromatic heterocycles. The lowest BCUT2D eigenvalue weighted by atomic mass is 10.2. The standard InChI is InChI=1S/C12H10F2N2O2S/c1-19-8-4-2-7(3-5-8)12-15-10(18-16-12)6-9(17)11(13)14/h2-5,11H,6H2,1H3. The Kier molecular flexibility index (Phi) is 4.26. The van der Waals surface area contributed by atoms with Crippen molar-refractivity contribution >= 4 is 17.5 Å². The monoisotopic (exact) mass is 284 g/mol. The van der Waals surface area contributed by atoms with Gasteiger partial charge in [0.25, 0.3) is 6.43 Å². The highest BCUT2D eigenvalue weighted by atomic mass is 32.2. The highest BCUT2D eigenvalue weighted by molar-refractivity contribution is 7.98. The van der Waals surface area contributed by atoms with Crippen molar-refractivity contribution in [1.29, 1.82) is 0 Å². The van der Waals surface area contributed by atoms with E-state index < -0.39 is 18.6 Å². The molecule has 0 radical (unpaired) electrons. The Morgan fingerprint density at radius 2 is 2.05 bits per heavy atom. The Morgan fingerprint density at radius 1 is 1.37 bits per heavy atom. The summed E-state index contributed by atoms with van der Waals surface area (Å²) in [6.07, 6.45) is -1.61. The first-order chi connectivity index (χ1) is 9.10. The molecule has 0 fully saturated rings. The molecule has 0 saturated heterocycles. The molecule has 0 atom stereocenters. The number of Topliss-reactive ketones (excluding diaryl/α,β-unsaturated/α-hetero) is 1. The zero-order valence-corrected chi connectivity index (χ0v) is 10.8. The molecule has 0 unspecified atom stereocenters. The Balaban J connectivity index is 2.13.